The number of benzene rings is 2. The SMILES string of the molecule is Cn1nnc(N(Cc2cc(C(F)(F)F)cc(C(F)(F)F)c2)Cc2cc(C(F)(F)F)ccc2C(=O)C2CCCCC2)n1. The molecule has 0 amide bonds. The van der Waals surface area contributed by atoms with E-state index in [4.69, 9.17) is 0 Å². The molecule has 0 bridgehead atoms. The molecular formula is C26H24F9N5O. The van der Waals surface area contributed by atoms with Gasteiger partial charge in [-0.15, -0.1) is 5.10 Å². The van der Waals surface area contributed by atoms with E-state index >= 15 is 0 Å². The molecule has 4 rings (SSSR count). The van der Waals surface area contributed by atoms with Gasteiger partial charge in [0.2, 0.25) is 0 Å². The van der Waals surface area contributed by atoms with Crippen molar-refractivity contribution in [3.05, 3.63) is 69.8 Å². The number of halogens is 9. The first-order chi connectivity index (χ1) is 19.0. The van der Waals surface area contributed by atoms with Crippen LogP contribution in [0.4, 0.5) is 45.5 Å². The van der Waals surface area contributed by atoms with Gasteiger partial charge in [-0.25, -0.2) is 0 Å². The van der Waals surface area contributed by atoms with Crippen LogP contribution < -0.4 is 4.90 Å². The maximum Gasteiger partial charge on any atom is 0.416 e. The monoisotopic (exact) mass is 593 g/mol. The van der Waals surface area contributed by atoms with Crippen LogP contribution in [0.2, 0.25) is 0 Å². The van der Waals surface area contributed by atoms with Gasteiger partial charge >= 0.3 is 18.5 Å². The van der Waals surface area contributed by atoms with Crippen molar-refractivity contribution in [1.82, 2.24) is 20.2 Å². The van der Waals surface area contributed by atoms with Crippen LogP contribution >= 0.6 is 0 Å². The Morgan fingerprint density at radius 2 is 1.41 bits per heavy atom. The van der Waals surface area contributed by atoms with Crippen LogP contribution in [0.15, 0.2) is 36.4 Å². The minimum Gasteiger partial charge on any atom is -0.330 e. The van der Waals surface area contributed by atoms with Crippen molar-refractivity contribution in [3.8, 4) is 0 Å². The second-order valence-electron chi connectivity index (χ2n) is 9.92. The summed E-state index contributed by atoms with van der Waals surface area (Å²) >= 11 is 0. The molecule has 1 fully saturated rings. The molecule has 0 radical (unpaired) electrons. The number of nitrogens with zero attached hydrogens (tertiary/aromatic N) is 5. The lowest BCUT2D eigenvalue weighted by Crippen LogP contribution is -2.27. The maximum absolute atomic E-state index is 13.6. The molecule has 0 unspecified atom stereocenters. The van der Waals surface area contributed by atoms with E-state index < -0.39 is 59.8 Å². The van der Waals surface area contributed by atoms with Gasteiger partial charge in [0.1, 0.15) is 0 Å². The molecule has 15 heteroatoms. The highest BCUT2D eigenvalue weighted by molar-refractivity contribution is 5.99. The summed E-state index contributed by atoms with van der Waals surface area (Å²) in [5, 5.41) is 11.3. The third-order valence-electron chi connectivity index (χ3n) is 6.84. The number of hydrogen-bond acceptors (Lipinski definition) is 5. The average Bonchev–Trinajstić information content (AvgIpc) is 3.33. The zero-order valence-electron chi connectivity index (χ0n) is 21.5. The highest BCUT2D eigenvalue weighted by atomic mass is 19.4. The quantitative estimate of drug-likeness (QED) is 0.214. The summed E-state index contributed by atoms with van der Waals surface area (Å²) in [5.74, 6) is -1.06. The minimum atomic E-state index is -5.10. The molecule has 1 aromatic heterocycles. The topological polar surface area (TPSA) is 63.9 Å². The van der Waals surface area contributed by atoms with Gasteiger partial charge in [-0.05, 0) is 59.5 Å². The highest BCUT2D eigenvalue weighted by Gasteiger charge is 2.37. The fraction of sp³-hybridized carbons (Fsp3) is 0.462. The van der Waals surface area contributed by atoms with Crippen LogP contribution in [0, 0.1) is 5.92 Å². The molecule has 0 spiro atoms. The number of aromatic nitrogens is 4. The first-order valence-electron chi connectivity index (χ1n) is 12.5. The molecule has 0 atom stereocenters. The van der Waals surface area contributed by atoms with Gasteiger partial charge in [0.25, 0.3) is 5.95 Å². The van der Waals surface area contributed by atoms with Gasteiger partial charge in [0.15, 0.2) is 5.78 Å². The number of aryl methyl sites for hydroxylation is 1. The summed E-state index contributed by atoms with van der Waals surface area (Å²) < 4.78 is 122. The summed E-state index contributed by atoms with van der Waals surface area (Å²) in [6.45, 7) is -1.19. The fourth-order valence-corrected chi connectivity index (χ4v) is 4.86. The lowest BCUT2D eigenvalue weighted by atomic mass is 9.82. The van der Waals surface area contributed by atoms with Crippen LogP contribution in [-0.2, 0) is 38.7 Å². The molecular weight excluding hydrogens is 569 g/mol. The number of ketones is 1. The Kier molecular flexibility index (Phi) is 8.37. The molecule has 0 aliphatic heterocycles. The lowest BCUT2D eigenvalue weighted by molar-refractivity contribution is -0.143. The van der Waals surface area contributed by atoms with Crippen molar-refractivity contribution in [2.75, 3.05) is 4.90 Å². The number of rotatable bonds is 7. The normalized spacial score (nSPS) is 15.3. The van der Waals surface area contributed by atoms with Crippen molar-refractivity contribution in [2.45, 2.75) is 63.7 Å². The van der Waals surface area contributed by atoms with E-state index in [0.29, 0.717) is 25.0 Å². The second kappa shape index (κ2) is 11.3. The van der Waals surface area contributed by atoms with E-state index in [2.05, 4.69) is 15.4 Å². The molecule has 222 valence electrons. The summed E-state index contributed by atoms with van der Waals surface area (Å²) in [7, 11) is 1.35. The summed E-state index contributed by atoms with van der Waals surface area (Å²) in [4.78, 5) is 15.4. The Hall–Kier alpha value is -3.65. The van der Waals surface area contributed by atoms with Crippen molar-refractivity contribution < 1.29 is 44.3 Å². The summed E-state index contributed by atoms with van der Waals surface area (Å²) in [5.41, 5.74) is -4.77. The van der Waals surface area contributed by atoms with Crippen LogP contribution in [0.5, 0.6) is 0 Å². The zero-order chi connectivity index (χ0) is 30.2. The van der Waals surface area contributed by atoms with Crippen LogP contribution in [0.1, 0.15) is 70.3 Å². The molecule has 1 saturated carbocycles. The second-order valence-corrected chi connectivity index (χ2v) is 9.92. The third-order valence-corrected chi connectivity index (χ3v) is 6.84. The van der Waals surface area contributed by atoms with E-state index in [0.717, 1.165) is 47.2 Å². The largest absolute Gasteiger partial charge is 0.416 e. The summed E-state index contributed by atoms with van der Waals surface area (Å²) in [6.07, 6.45) is -11.4. The number of Topliss-reactive ketones (excluding diaryl/α,β-unsaturated/α-hetero) is 1. The molecule has 1 heterocycles. The first-order valence-corrected chi connectivity index (χ1v) is 12.5. The number of anilines is 1. The Labute approximate surface area is 228 Å². The average molecular weight is 593 g/mol. The van der Waals surface area contributed by atoms with Crippen LogP contribution in [0.25, 0.3) is 0 Å². The Balaban J connectivity index is 1.79. The van der Waals surface area contributed by atoms with E-state index in [-0.39, 0.29) is 28.9 Å². The lowest BCUT2D eigenvalue weighted by Gasteiger charge is -2.26. The van der Waals surface area contributed by atoms with Gasteiger partial charge in [0, 0.05) is 24.6 Å². The van der Waals surface area contributed by atoms with E-state index in [9.17, 15) is 44.3 Å². The smallest absolute Gasteiger partial charge is 0.330 e. The van der Waals surface area contributed by atoms with Crippen molar-refractivity contribution in [2.24, 2.45) is 13.0 Å². The van der Waals surface area contributed by atoms with Gasteiger partial charge in [-0.2, -0.15) is 44.3 Å². The van der Waals surface area contributed by atoms with Crippen LogP contribution in [-0.4, -0.2) is 26.0 Å². The molecule has 6 nitrogen and oxygen atoms in total. The predicted octanol–water partition coefficient (Wildman–Crippen LogP) is 7.24. The van der Waals surface area contributed by atoms with Crippen molar-refractivity contribution >= 4 is 11.7 Å². The summed E-state index contributed by atoms with van der Waals surface area (Å²) in [6, 6.07) is 3.59. The van der Waals surface area contributed by atoms with Crippen molar-refractivity contribution in [3.63, 3.8) is 0 Å². The Bertz CT molecular complexity index is 1360. The Morgan fingerprint density at radius 3 is 1.93 bits per heavy atom. The molecule has 1 aliphatic rings. The minimum absolute atomic E-state index is 0.0150. The first kappa shape index (κ1) is 30.3. The number of tetrazole rings is 1. The van der Waals surface area contributed by atoms with Gasteiger partial charge in [0.05, 0.1) is 23.7 Å². The molecule has 0 saturated heterocycles. The third kappa shape index (κ3) is 7.36. The fourth-order valence-electron chi connectivity index (χ4n) is 4.86. The molecule has 1 aliphatic carbocycles. The maximum atomic E-state index is 13.6. The molecule has 0 N–H and O–H groups in total. The van der Waals surface area contributed by atoms with Crippen LogP contribution in [0.3, 0.4) is 0 Å². The van der Waals surface area contributed by atoms with Gasteiger partial charge in [-0.1, -0.05) is 30.4 Å². The van der Waals surface area contributed by atoms with Gasteiger partial charge in [-0.3, -0.25) is 4.79 Å². The number of alkyl halides is 9. The van der Waals surface area contributed by atoms with Gasteiger partial charge < -0.3 is 4.90 Å². The number of carbonyl (C=O) groups excluding carboxylic acids is 1. The van der Waals surface area contributed by atoms with E-state index in [1.165, 1.54) is 7.05 Å². The Morgan fingerprint density at radius 1 is 0.829 bits per heavy atom. The standard InChI is InChI=1S/C26H24F9N5O/c1-39-37-23(36-38-39)40(13-15-9-19(25(30,31)32)12-20(10-15)26(33,34)35)14-17-11-18(24(27,28)29)7-8-21(17)22(41)16-5-3-2-4-6-16/h7-12,16H,2-6,13-14H2,1H3. The molecule has 3 aromatic rings. The van der Waals surface area contributed by atoms with E-state index in [1.54, 1.807) is 0 Å². The predicted molar refractivity (Wildman–Crippen MR) is 127 cm³/mol. The molecule has 41 heavy (non-hydrogen) atoms. The molecule has 2 aromatic carbocycles. The van der Waals surface area contributed by atoms with Crippen molar-refractivity contribution in [1.29, 1.82) is 0 Å². The number of carbonyl (C=O) groups is 1. The zero-order valence-corrected chi connectivity index (χ0v) is 21.5. The number of hydrogen-bond donors (Lipinski definition) is 0. The van der Waals surface area contributed by atoms with E-state index in [1.807, 2.05) is 0 Å². The highest BCUT2D eigenvalue weighted by Crippen LogP contribution is 2.38.